The maximum atomic E-state index is 11.8. The number of aryl methyl sites for hydroxylation is 1. The van der Waals surface area contributed by atoms with E-state index in [1.807, 2.05) is 0 Å². The fourth-order valence-corrected chi connectivity index (χ4v) is 2.34. The Hall–Kier alpha value is -1.55. The van der Waals surface area contributed by atoms with Crippen LogP contribution in [-0.4, -0.2) is 38.8 Å². The van der Waals surface area contributed by atoms with Crippen molar-refractivity contribution in [1.82, 2.24) is 5.32 Å². The van der Waals surface area contributed by atoms with Gasteiger partial charge in [0.05, 0.1) is 7.11 Å². The Morgan fingerprint density at radius 1 is 1.38 bits per heavy atom. The molecule has 21 heavy (non-hydrogen) atoms. The third-order valence-corrected chi connectivity index (χ3v) is 3.56. The summed E-state index contributed by atoms with van der Waals surface area (Å²) < 4.78 is 4.88. The summed E-state index contributed by atoms with van der Waals surface area (Å²) in [6.45, 7) is 8.90. The Labute approximate surface area is 128 Å². The van der Waals surface area contributed by atoms with E-state index in [1.165, 1.54) is 18.4 Å². The van der Waals surface area contributed by atoms with Gasteiger partial charge in [-0.2, -0.15) is 0 Å². The van der Waals surface area contributed by atoms with E-state index in [2.05, 4.69) is 55.3 Å². The number of carbonyl (C=O) groups excluding carboxylic acids is 1. The number of anilines is 1. The molecule has 0 aromatic heterocycles. The van der Waals surface area contributed by atoms with Crippen molar-refractivity contribution in [1.29, 1.82) is 0 Å². The molecule has 0 bridgehead atoms. The van der Waals surface area contributed by atoms with Crippen LogP contribution in [0.15, 0.2) is 24.3 Å². The Morgan fingerprint density at radius 3 is 2.71 bits per heavy atom. The number of methoxy groups -OCH3 is 1. The molecule has 1 unspecified atom stereocenters. The summed E-state index contributed by atoms with van der Waals surface area (Å²) in [4.78, 5) is 14.1. The van der Waals surface area contributed by atoms with Crippen molar-refractivity contribution in [2.45, 2.75) is 39.7 Å². The highest BCUT2D eigenvalue weighted by molar-refractivity contribution is 5.75. The third kappa shape index (κ3) is 5.76. The highest BCUT2D eigenvalue weighted by atomic mass is 16.5. The van der Waals surface area contributed by atoms with Crippen LogP contribution in [0, 0.1) is 6.92 Å². The van der Waals surface area contributed by atoms with Crippen LogP contribution in [0.4, 0.5) is 5.69 Å². The average Bonchev–Trinajstić information content (AvgIpc) is 2.50. The summed E-state index contributed by atoms with van der Waals surface area (Å²) in [7, 11) is 1.45. The molecule has 0 fully saturated rings. The van der Waals surface area contributed by atoms with Crippen molar-refractivity contribution in [3.8, 4) is 0 Å². The molecule has 0 saturated heterocycles. The summed E-state index contributed by atoms with van der Waals surface area (Å²) in [6, 6.07) is 8.23. The van der Waals surface area contributed by atoms with Crippen molar-refractivity contribution in [2.75, 3.05) is 31.6 Å². The van der Waals surface area contributed by atoms with Gasteiger partial charge in [0.15, 0.2) is 0 Å². The number of rotatable bonds is 9. The Balaban J connectivity index is 2.64. The zero-order valence-corrected chi connectivity index (χ0v) is 13.7. The largest absolute Gasteiger partial charge is 0.468 e. The zero-order valence-electron chi connectivity index (χ0n) is 13.7. The van der Waals surface area contributed by atoms with Crippen molar-refractivity contribution < 1.29 is 9.53 Å². The molecule has 0 saturated carbocycles. The SMILES string of the molecule is CCCNC(CCN(CC)c1cccc(C)c1)C(=O)OC. The monoisotopic (exact) mass is 292 g/mol. The van der Waals surface area contributed by atoms with Crippen LogP contribution < -0.4 is 10.2 Å². The predicted octanol–water partition coefficient (Wildman–Crippen LogP) is 2.75. The minimum atomic E-state index is -0.228. The van der Waals surface area contributed by atoms with E-state index in [0.29, 0.717) is 0 Å². The van der Waals surface area contributed by atoms with E-state index in [-0.39, 0.29) is 12.0 Å². The molecule has 0 radical (unpaired) electrons. The Bertz CT molecular complexity index is 435. The van der Waals surface area contributed by atoms with Crippen molar-refractivity contribution in [3.63, 3.8) is 0 Å². The highest BCUT2D eigenvalue weighted by Gasteiger charge is 2.19. The number of nitrogens with zero attached hydrogens (tertiary/aromatic N) is 1. The lowest BCUT2D eigenvalue weighted by Crippen LogP contribution is -2.41. The maximum Gasteiger partial charge on any atom is 0.322 e. The lowest BCUT2D eigenvalue weighted by Gasteiger charge is -2.26. The van der Waals surface area contributed by atoms with Crippen LogP contribution in [0.3, 0.4) is 0 Å². The molecular formula is C17H28N2O2. The minimum Gasteiger partial charge on any atom is -0.468 e. The van der Waals surface area contributed by atoms with E-state index >= 15 is 0 Å². The first-order valence-electron chi connectivity index (χ1n) is 7.75. The highest BCUT2D eigenvalue weighted by Crippen LogP contribution is 2.16. The zero-order chi connectivity index (χ0) is 15.7. The van der Waals surface area contributed by atoms with Crippen LogP contribution in [0.5, 0.6) is 0 Å². The molecule has 1 atom stereocenters. The number of hydrogen-bond donors (Lipinski definition) is 1. The van der Waals surface area contributed by atoms with Crippen molar-refractivity contribution in [3.05, 3.63) is 29.8 Å². The number of hydrogen-bond acceptors (Lipinski definition) is 4. The molecular weight excluding hydrogens is 264 g/mol. The van der Waals surface area contributed by atoms with Gasteiger partial charge in [-0.15, -0.1) is 0 Å². The molecule has 1 N–H and O–H groups in total. The molecule has 0 heterocycles. The topological polar surface area (TPSA) is 41.6 Å². The fraction of sp³-hybridized carbons (Fsp3) is 0.588. The van der Waals surface area contributed by atoms with Gasteiger partial charge in [-0.1, -0.05) is 19.1 Å². The lowest BCUT2D eigenvalue weighted by atomic mass is 10.1. The molecule has 118 valence electrons. The van der Waals surface area contributed by atoms with Gasteiger partial charge in [-0.25, -0.2) is 0 Å². The van der Waals surface area contributed by atoms with Crippen molar-refractivity contribution >= 4 is 11.7 Å². The summed E-state index contributed by atoms with van der Waals surface area (Å²) in [5.41, 5.74) is 2.45. The second-order valence-electron chi connectivity index (χ2n) is 5.24. The molecule has 0 aliphatic rings. The number of benzene rings is 1. The van der Waals surface area contributed by atoms with E-state index in [0.717, 1.165) is 32.5 Å². The number of carbonyl (C=O) groups is 1. The van der Waals surface area contributed by atoms with Crippen LogP contribution in [-0.2, 0) is 9.53 Å². The lowest BCUT2D eigenvalue weighted by molar-refractivity contribution is -0.143. The maximum absolute atomic E-state index is 11.8. The second kappa shape index (κ2) is 9.40. The number of esters is 1. The molecule has 0 aliphatic carbocycles. The van der Waals surface area contributed by atoms with E-state index in [9.17, 15) is 4.79 Å². The van der Waals surface area contributed by atoms with Gasteiger partial charge >= 0.3 is 5.97 Å². The Morgan fingerprint density at radius 2 is 2.14 bits per heavy atom. The van der Waals surface area contributed by atoms with Crippen LogP contribution in [0.2, 0.25) is 0 Å². The molecule has 1 aromatic rings. The van der Waals surface area contributed by atoms with Gasteiger partial charge in [-0.05, 0) is 50.9 Å². The first-order chi connectivity index (χ1) is 10.1. The molecule has 4 nitrogen and oxygen atoms in total. The number of nitrogens with one attached hydrogen (secondary N) is 1. The van der Waals surface area contributed by atoms with Gasteiger partial charge in [0.2, 0.25) is 0 Å². The van der Waals surface area contributed by atoms with Crippen molar-refractivity contribution in [2.24, 2.45) is 0 Å². The van der Waals surface area contributed by atoms with Crippen LogP contribution in [0.25, 0.3) is 0 Å². The van der Waals surface area contributed by atoms with E-state index in [4.69, 9.17) is 4.74 Å². The quantitative estimate of drug-likeness (QED) is 0.711. The smallest absolute Gasteiger partial charge is 0.322 e. The molecule has 1 aromatic carbocycles. The normalized spacial score (nSPS) is 12.0. The summed E-state index contributed by atoms with van der Waals surface area (Å²) >= 11 is 0. The van der Waals surface area contributed by atoms with Gasteiger partial charge in [0.25, 0.3) is 0 Å². The number of ether oxygens (including phenoxy) is 1. The molecule has 0 amide bonds. The first-order valence-corrected chi connectivity index (χ1v) is 7.75. The van der Waals surface area contributed by atoms with Gasteiger partial charge in [0.1, 0.15) is 6.04 Å². The molecule has 1 rings (SSSR count). The first kappa shape index (κ1) is 17.5. The van der Waals surface area contributed by atoms with Gasteiger partial charge in [-0.3, -0.25) is 4.79 Å². The second-order valence-corrected chi connectivity index (χ2v) is 5.24. The minimum absolute atomic E-state index is 0.177. The predicted molar refractivity (Wildman–Crippen MR) is 87.8 cm³/mol. The van der Waals surface area contributed by atoms with Gasteiger partial charge in [0, 0.05) is 18.8 Å². The van der Waals surface area contributed by atoms with Gasteiger partial charge < -0.3 is 15.0 Å². The molecule has 4 heteroatoms. The summed E-state index contributed by atoms with van der Waals surface area (Å²) in [6.07, 6.45) is 1.75. The van der Waals surface area contributed by atoms with Crippen LogP contribution in [0.1, 0.15) is 32.3 Å². The summed E-state index contributed by atoms with van der Waals surface area (Å²) in [5, 5.41) is 3.26. The average molecular weight is 292 g/mol. The molecule has 0 spiro atoms. The summed E-state index contributed by atoms with van der Waals surface area (Å²) in [5.74, 6) is -0.177. The Kier molecular flexibility index (Phi) is 7.83. The van der Waals surface area contributed by atoms with E-state index in [1.54, 1.807) is 0 Å². The standard InChI is InChI=1S/C17H28N2O2/c1-5-11-18-16(17(20)21-4)10-12-19(6-2)15-9-7-8-14(3)13-15/h7-9,13,16,18H,5-6,10-12H2,1-4H3. The molecule has 0 aliphatic heterocycles. The van der Waals surface area contributed by atoms with E-state index < -0.39 is 0 Å². The third-order valence-electron chi connectivity index (χ3n) is 3.56. The van der Waals surface area contributed by atoms with Crippen LogP contribution >= 0.6 is 0 Å². The fourth-order valence-electron chi connectivity index (χ4n) is 2.34.